The van der Waals surface area contributed by atoms with Crippen molar-refractivity contribution in [2.24, 2.45) is 11.7 Å². The number of hydrogen-bond donors (Lipinski definition) is 2. The molecule has 0 saturated heterocycles. The molecule has 0 unspecified atom stereocenters. The number of primary amides is 1. The van der Waals surface area contributed by atoms with Gasteiger partial charge in [0.1, 0.15) is 6.04 Å². The third kappa shape index (κ3) is 4.20. The number of carbonyl (C=O) groups is 2. The summed E-state index contributed by atoms with van der Waals surface area (Å²) in [5.41, 5.74) is 6.22. The summed E-state index contributed by atoms with van der Waals surface area (Å²) in [6.45, 7) is 3.86. The van der Waals surface area contributed by atoms with Gasteiger partial charge in [0.05, 0.1) is 6.42 Å². The minimum absolute atomic E-state index is 0.0437. The first kappa shape index (κ1) is 14.2. The SMILES string of the molecule is CC[C@@H](C)[C@@H](NC(=O)Cc1ccccc1)C(N)=O. The lowest BCUT2D eigenvalue weighted by Gasteiger charge is -2.21. The van der Waals surface area contributed by atoms with Crippen LogP contribution in [0.25, 0.3) is 0 Å². The van der Waals surface area contributed by atoms with Gasteiger partial charge in [-0.2, -0.15) is 0 Å². The Bertz CT molecular complexity index is 404. The molecule has 3 N–H and O–H groups in total. The Labute approximate surface area is 108 Å². The highest BCUT2D eigenvalue weighted by Gasteiger charge is 2.23. The molecule has 0 radical (unpaired) electrons. The van der Waals surface area contributed by atoms with E-state index in [0.717, 1.165) is 12.0 Å². The highest BCUT2D eigenvalue weighted by atomic mass is 16.2. The number of nitrogens with one attached hydrogen (secondary N) is 1. The maximum Gasteiger partial charge on any atom is 0.240 e. The van der Waals surface area contributed by atoms with Gasteiger partial charge in [-0.3, -0.25) is 9.59 Å². The molecule has 98 valence electrons. The topological polar surface area (TPSA) is 72.2 Å². The molecule has 0 bridgehead atoms. The predicted molar refractivity (Wildman–Crippen MR) is 70.7 cm³/mol. The fourth-order valence-corrected chi connectivity index (χ4v) is 1.74. The van der Waals surface area contributed by atoms with Crippen LogP contribution in [-0.4, -0.2) is 17.9 Å². The van der Waals surface area contributed by atoms with Gasteiger partial charge in [0.2, 0.25) is 11.8 Å². The Hall–Kier alpha value is -1.84. The molecule has 0 spiro atoms. The molecule has 0 aliphatic rings. The summed E-state index contributed by atoms with van der Waals surface area (Å²) in [6, 6.07) is 8.81. The van der Waals surface area contributed by atoms with Crippen LogP contribution in [0.5, 0.6) is 0 Å². The smallest absolute Gasteiger partial charge is 0.240 e. The van der Waals surface area contributed by atoms with Crippen molar-refractivity contribution in [3.8, 4) is 0 Å². The van der Waals surface area contributed by atoms with Crippen LogP contribution in [0.2, 0.25) is 0 Å². The van der Waals surface area contributed by atoms with E-state index in [1.54, 1.807) is 0 Å². The highest BCUT2D eigenvalue weighted by Crippen LogP contribution is 2.08. The molecule has 2 amide bonds. The first-order valence-electron chi connectivity index (χ1n) is 6.17. The lowest BCUT2D eigenvalue weighted by Crippen LogP contribution is -2.48. The Kier molecular flexibility index (Phi) is 5.36. The molecule has 0 aliphatic carbocycles. The average Bonchev–Trinajstić information content (AvgIpc) is 2.36. The number of carbonyl (C=O) groups excluding carboxylic acids is 2. The summed E-state index contributed by atoms with van der Waals surface area (Å²) < 4.78 is 0. The van der Waals surface area contributed by atoms with E-state index < -0.39 is 11.9 Å². The molecular weight excluding hydrogens is 228 g/mol. The van der Waals surface area contributed by atoms with E-state index in [0.29, 0.717) is 0 Å². The average molecular weight is 248 g/mol. The van der Waals surface area contributed by atoms with Gasteiger partial charge in [0.25, 0.3) is 0 Å². The molecule has 0 aliphatic heterocycles. The van der Waals surface area contributed by atoms with Gasteiger partial charge in [-0.05, 0) is 11.5 Å². The maximum absolute atomic E-state index is 11.8. The standard InChI is InChI=1S/C14H20N2O2/c1-3-10(2)13(14(15)18)16-12(17)9-11-7-5-4-6-8-11/h4-8,10,13H,3,9H2,1-2H3,(H2,15,18)(H,16,17)/t10-,13-/m1/s1. The van der Waals surface area contributed by atoms with Crippen molar-refractivity contribution in [3.63, 3.8) is 0 Å². The Morgan fingerprint density at radius 3 is 2.39 bits per heavy atom. The van der Waals surface area contributed by atoms with Crippen LogP contribution in [0.3, 0.4) is 0 Å². The van der Waals surface area contributed by atoms with Crippen molar-refractivity contribution < 1.29 is 9.59 Å². The first-order valence-corrected chi connectivity index (χ1v) is 6.17. The molecule has 0 aromatic heterocycles. The van der Waals surface area contributed by atoms with Crippen LogP contribution in [0.15, 0.2) is 30.3 Å². The predicted octanol–water partition coefficient (Wildman–Crippen LogP) is 1.25. The zero-order chi connectivity index (χ0) is 13.5. The monoisotopic (exact) mass is 248 g/mol. The quantitative estimate of drug-likeness (QED) is 0.795. The number of hydrogen-bond acceptors (Lipinski definition) is 2. The van der Waals surface area contributed by atoms with Gasteiger partial charge in [-0.25, -0.2) is 0 Å². The molecule has 1 aromatic carbocycles. The van der Waals surface area contributed by atoms with E-state index in [9.17, 15) is 9.59 Å². The van der Waals surface area contributed by atoms with E-state index in [1.807, 2.05) is 44.2 Å². The van der Waals surface area contributed by atoms with Crippen molar-refractivity contribution in [2.45, 2.75) is 32.7 Å². The van der Waals surface area contributed by atoms with E-state index in [-0.39, 0.29) is 18.2 Å². The minimum atomic E-state index is -0.591. The van der Waals surface area contributed by atoms with Crippen molar-refractivity contribution in [1.29, 1.82) is 0 Å². The Morgan fingerprint density at radius 2 is 1.89 bits per heavy atom. The third-order valence-corrected chi connectivity index (χ3v) is 3.04. The van der Waals surface area contributed by atoms with Crippen LogP contribution >= 0.6 is 0 Å². The molecule has 4 heteroatoms. The first-order chi connectivity index (χ1) is 8.54. The van der Waals surface area contributed by atoms with Gasteiger partial charge in [0.15, 0.2) is 0 Å². The van der Waals surface area contributed by atoms with Crippen LogP contribution in [-0.2, 0) is 16.0 Å². The van der Waals surface area contributed by atoms with Crippen LogP contribution < -0.4 is 11.1 Å². The maximum atomic E-state index is 11.8. The van der Waals surface area contributed by atoms with Gasteiger partial charge >= 0.3 is 0 Å². The van der Waals surface area contributed by atoms with Crippen molar-refractivity contribution in [1.82, 2.24) is 5.32 Å². The molecule has 0 heterocycles. The number of amides is 2. The highest BCUT2D eigenvalue weighted by molar-refractivity contribution is 5.87. The molecule has 4 nitrogen and oxygen atoms in total. The third-order valence-electron chi connectivity index (χ3n) is 3.04. The van der Waals surface area contributed by atoms with E-state index >= 15 is 0 Å². The second-order valence-electron chi connectivity index (χ2n) is 4.50. The Morgan fingerprint density at radius 1 is 1.28 bits per heavy atom. The Balaban J connectivity index is 2.60. The second-order valence-corrected chi connectivity index (χ2v) is 4.50. The summed E-state index contributed by atoms with van der Waals surface area (Å²) in [7, 11) is 0. The molecule has 18 heavy (non-hydrogen) atoms. The molecule has 0 saturated carbocycles. The van der Waals surface area contributed by atoms with Crippen LogP contribution in [0, 0.1) is 5.92 Å². The summed E-state index contributed by atoms with van der Waals surface area (Å²) in [4.78, 5) is 23.1. The van der Waals surface area contributed by atoms with Crippen molar-refractivity contribution in [3.05, 3.63) is 35.9 Å². The second kappa shape index (κ2) is 6.79. The fourth-order valence-electron chi connectivity index (χ4n) is 1.74. The molecule has 1 aromatic rings. The molecule has 2 atom stereocenters. The van der Waals surface area contributed by atoms with Gasteiger partial charge in [0, 0.05) is 0 Å². The van der Waals surface area contributed by atoms with Gasteiger partial charge < -0.3 is 11.1 Å². The normalized spacial score (nSPS) is 13.7. The van der Waals surface area contributed by atoms with Gasteiger partial charge in [-0.1, -0.05) is 50.6 Å². The van der Waals surface area contributed by atoms with Crippen molar-refractivity contribution in [2.75, 3.05) is 0 Å². The summed E-state index contributed by atoms with van der Waals surface area (Å²) >= 11 is 0. The number of benzene rings is 1. The van der Waals surface area contributed by atoms with Crippen LogP contribution in [0.1, 0.15) is 25.8 Å². The minimum Gasteiger partial charge on any atom is -0.368 e. The summed E-state index contributed by atoms with van der Waals surface area (Å²) in [5, 5.41) is 2.70. The lowest BCUT2D eigenvalue weighted by molar-refractivity contribution is -0.128. The van der Waals surface area contributed by atoms with E-state index in [4.69, 9.17) is 5.73 Å². The molecule has 0 fully saturated rings. The summed E-state index contributed by atoms with van der Waals surface area (Å²) in [5.74, 6) is -0.613. The largest absolute Gasteiger partial charge is 0.368 e. The fraction of sp³-hybridized carbons (Fsp3) is 0.429. The molecule has 1 rings (SSSR count). The zero-order valence-corrected chi connectivity index (χ0v) is 10.8. The zero-order valence-electron chi connectivity index (χ0n) is 10.8. The van der Waals surface area contributed by atoms with Crippen LogP contribution in [0.4, 0.5) is 0 Å². The van der Waals surface area contributed by atoms with Crippen molar-refractivity contribution >= 4 is 11.8 Å². The van der Waals surface area contributed by atoms with E-state index in [1.165, 1.54) is 0 Å². The van der Waals surface area contributed by atoms with E-state index in [2.05, 4.69) is 5.32 Å². The number of nitrogens with two attached hydrogens (primary N) is 1. The molecular formula is C14H20N2O2. The number of rotatable bonds is 6. The lowest BCUT2D eigenvalue weighted by atomic mass is 9.98. The van der Waals surface area contributed by atoms with Gasteiger partial charge in [-0.15, -0.1) is 0 Å². The summed E-state index contributed by atoms with van der Waals surface area (Å²) in [6.07, 6.45) is 1.06.